The van der Waals surface area contributed by atoms with Gasteiger partial charge in [0.25, 0.3) is 0 Å². The molecule has 1 aromatic rings. The summed E-state index contributed by atoms with van der Waals surface area (Å²) in [7, 11) is 0. The molecule has 2 nitrogen and oxygen atoms in total. The van der Waals surface area contributed by atoms with Crippen LogP contribution < -0.4 is 0 Å². The van der Waals surface area contributed by atoms with E-state index < -0.39 is 11.4 Å². The van der Waals surface area contributed by atoms with Gasteiger partial charge >= 0.3 is 5.97 Å². The smallest absolute Gasteiger partial charge is 0.309 e. The van der Waals surface area contributed by atoms with E-state index in [1.807, 2.05) is 11.4 Å². The average Bonchev–Trinajstić information content (AvgIpc) is 2.56. The zero-order valence-electron chi connectivity index (χ0n) is 8.32. The lowest BCUT2D eigenvalue weighted by molar-refractivity contribution is -0.146. The molecule has 0 saturated carbocycles. The van der Waals surface area contributed by atoms with Crippen LogP contribution in [-0.2, 0) is 4.79 Å². The highest BCUT2D eigenvalue weighted by atomic mass is 32.2. The molecule has 0 atom stereocenters. The standard InChI is InChI=1S/C10H14O2S2/c1-10(2,9(11)12)5-7-14-8-4-3-6-13-8/h3-4,6H,5,7H2,1-2H3,(H,11,12). The predicted molar refractivity (Wildman–Crippen MR) is 61.1 cm³/mol. The van der Waals surface area contributed by atoms with Gasteiger partial charge in [0.2, 0.25) is 0 Å². The zero-order valence-corrected chi connectivity index (χ0v) is 9.95. The molecule has 0 aromatic carbocycles. The number of carboxylic acid groups (broad SMARTS) is 1. The van der Waals surface area contributed by atoms with Gasteiger partial charge in [-0.15, -0.1) is 23.1 Å². The molecule has 0 saturated heterocycles. The molecule has 0 amide bonds. The topological polar surface area (TPSA) is 37.3 Å². The first-order valence-electron chi connectivity index (χ1n) is 4.42. The van der Waals surface area contributed by atoms with Crippen molar-refractivity contribution in [2.24, 2.45) is 5.41 Å². The zero-order chi connectivity index (χ0) is 10.6. The molecule has 1 N–H and O–H groups in total. The van der Waals surface area contributed by atoms with Gasteiger partial charge in [0, 0.05) is 0 Å². The molecule has 78 valence electrons. The van der Waals surface area contributed by atoms with E-state index in [0.717, 1.165) is 5.75 Å². The molecule has 0 radical (unpaired) electrons. The van der Waals surface area contributed by atoms with E-state index in [0.29, 0.717) is 6.42 Å². The summed E-state index contributed by atoms with van der Waals surface area (Å²) < 4.78 is 1.26. The molecule has 4 heteroatoms. The first kappa shape index (κ1) is 11.6. The highest BCUT2D eigenvalue weighted by Crippen LogP contribution is 2.29. The third kappa shape index (κ3) is 3.35. The van der Waals surface area contributed by atoms with Crippen LogP contribution in [0.1, 0.15) is 20.3 Å². The van der Waals surface area contributed by atoms with Crippen LogP contribution in [0.2, 0.25) is 0 Å². The lowest BCUT2D eigenvalue weighted by atomic mass is 9.91. The van der Waals surface area contributed by atoms with Gasteiger partial charge in [0.05, 0.1) is 9.62 Å². The normalized spacial score (nSPS) is 11.6. The fourth-order valence-corrected chi connectivity index (χ4v) is 2.98. The Labute approximate surface area is 92.3 Å². The van der Waals surface area contributed by atoms with Crippen LogP contribution in [0, 0.1) is 5.41 Å². The second kappa shape index (κ2) is 4.84. The maximum atomic E-state index is 10.8. The van der Waals surface area contributed by atoms with Crippen molar-refractivity contribution in [2.75, 3.05) is 5.75 Å². The highest BCUT2D eigenvalue weighted by molar-refractivity contribution is 8.01. The summed E-state index contributed by atoms with van der Waals surface area (Å²) in [5, 5.41) is 10.9. The first-order valence-corrected chi connectivity index (χ1v) is 6.28. The SMILES string of the molecule is CC(C)(CCSc1cccs1)C(=O)O. The highest BCUT2D eigenvalue weighted by Gasteiger charge is 2.26. The van der Waals surface area contributed by atoms with Crippen molar-refractivity contribution < 1.29 is 9.90 Å². The lowest BCUT2D eigenvalue weighted by Crippen LogP contribution is -2.24. The van der Waals surface area contributed by atoms with Crippen molar-refractivity contribution in [2.45, 2.75) is 24.5 Å². The van der Waals surface area contributed by atoms with Crippen molar-refractivity contribution in [1.82, 2.24) is 0 Å². The van der Waals surface area contributed by atoms with Gasteiger partial charge < -0.3 is 5.11 Å². The Morgan fingerprint density at radius 3 is 2.86 bits per heavy atom. The molecule has 0 aliphatic heterocycles. The second-order valence-electron chi connectivity index (χ2n) is 3.72. The number of hydrogen-bond acceptors (Lipinski definition) is 3. The Hall–Kier alpha value is -0.480. The summed E-state index contributed by atoms with van der Waals surface area (Å²) in [5.41, 5.74) is -0.607. The maximum absolute atomic E-state index is 10.8. The van der Waals surface area contributed by atoms with Gasteiger partial charge in [0.1, 0.15) is 0 Å². The number of aliphatic carboxylic acids is 1. The van der Waals surface area contributed by atoms with E-state index in [9.17, 15) is 4.79 Å². The summed E-state index contributed by atoms with van der Waals surface area (Å²) in [6, 6.07) is 4.07. The number of thiophene rings is 1. The van der Waals surface area contributed by atoms with Crippen LogP contribution in [-0.4, -0.2) is 16.8 Å². The molecule has 0 spiro atoms. The number of hydrogen-bond donors (Lipinski definition) is 1. The Bertz CT molecular complexity index is 291. The van der Waals surface area contributed by atoms with Crippen LogP contribution in [0.25, 0.3) is 0 Å². The number of carbonyl (C=O) groups is 1. The Kier molecular flexibility index (Phi) is 4.01. The van der Waals surface area contributed by atoms with Crippen molar-refractivity contribution in [1.29, 1.82) is 0 Å². The van der Waals surface area contributed by atoms with Gasteiger partial charge in [-0.05, 0) is 37.5 Å². The van der Waals surface area contributed by atoms with Crippen molar-refractivity contribution in [3.8, 4) is 0 Å². The van der Waals surface area contributed by atoms with Crippen molar-refractivity contribution >= 4 is 29.1 Å². The minimum Gasteiger partial charge on any atom is -0.481 e. The van der Waals surface area contributed by atoms with Crippen LogP contribution in [0.3, 0.4) is 0 Å². The fourth-order valence-electron chi connectivity index (χ4n) is 0.859. The Morgan fingerprint density at radius 1 is 1.64 bits per heavy atom. The minimum atomic E-state index is -0.718. The van der Waals surface area contributed by atoms with Crippen LogP contribution in [0.15, 0.2) is 21.7 Å². The van der Waals surface area contributed by atoms with Gasteiger partial charge in [0.15, 0.2) is 0 Å². The third-order valence-electron chi connectivity index (χ3n) is 2.05. The molecular weight excluding hydrogens is 216 g/mol. The number of thioether (sulfide) groups is 1. The van der Waals surface area contributed by atoms with Crippen LogP contribution >= 0.6 is 23.1 Å². The minimum absolute atomic E-state index is 0.607. The quantitative estimate of drug-likeness (QED) is 0.788. The molecular formula is C10H14O2S2. The largest absolute Gasteiger partial charge is 0.481 e. The molecule has 1 aromatic heterocycles. The summed E-state index contributed by atoms with van der Waals surface area (Å²) in [5.74, 6) is 0.143. The van der Waals surface area contributed by atoms with Crippen LogP contribution in [0.4, 0.5) is 0 Å². The summed E-state index contributed by atoms with van der Waals surface area (Å²) in [4.78, 5) is 10.8. The van der Waals surface area contributed by atoms with Crippen LogP contribution in [0.5, 0.6) is 0 Å². The van der Waals surface area contributed by atoms with E-state index >= 15 is 0 Å². The molecule has 0 aliphatic carbocycles. The van der Waals surface area contributed by atoms with E-state index in [2.05, 4.69) is 6.07 Å². The summed E-state index contributed by atoms with van der Waals surface area (Å²) in [6.45, 7) is 3.54. The molecule has 1 rings (SSSR count). The van der Waals surface area contributed by atoms with Crippen molar-refractivity contribution in [3.05, 3.63) is 17.5 Å². The lowest BCUT2D eigenvalue weighted by Gasteiger charge is -2.17. The molecule has 0 bridgehead atoms. The number of rotatable bonds is 5. The molecule has 1 heterocycles. The third-order valence-corrected chi connectivity index (χ3v) is 4.18. The first-order chi connectivity index (χ1) is 6.52. The Balaban J connectivity index is 2.31. The average molecular weight is 230 g/mol. The molecule has 0 unspecified atom stereocenters. The van der Waals surface area contributed by atoms with Gasteiger partial charge in [-0.3, -0.25) is 4.79 Å². The maximum Gasteiger partial charge on any atom is 0.309 e. The molecule has 0 aliphatic rings. The predicted octanol–water partition coefficient (Wildman–Crippen LogP) is 3.34. The van der Waals surface area contributed by atoms with E-state index in [-0.39, 0.29) is 0 Å². The van der Waals surface area contributed by atoms with Gasteiger partial charge in [-0.1, -0.05) is 6.07 Å². The monoisotopic (exact) mass is 230 g/mol. The van der Waals surface area contributed by atoms with E-state index in [4.69, 9.17) is 5.11 Å². The molecule has 14 heavy (non-hydrogen) atoms. The van der Waals surface area contributed by atoms with E-state index in [1.54, 1.807) is 36.9 Å². The number of carboxylic acids is 1. The molecule has 0 fully saturated rings. The second-order valence-corrected chi connectivity index (χ2v) is 6.06. The van der Waals surface area contributed by atoms with E-state index in [1.165, 1.54) is 4.21 Å². The van der Waals surface area contributed by atoms with Gasteiger partial charge in [-0.25, -0.2) is 0 Å². The summed E-state index contributed by atoms with van der Waals surface area (Å²) >= 11 is 3.42. The van der Waals surface area contributed by atoms with Crippen molar-refractivity contribution in [3.63, 3.8) is 0 Å². The Morgan fingerprint density at radius 2 is 2.36 bits per heavy atom. The summed E-state index contributed by atoms with van der Waals surface area (Å²) in [6.07, 6.45) is 0.699. The van der Waals surface area contributed by atoms with Gasteiger partial charge in [-0.2, -0.15) is 0 Å². The fraction of sp³-hybridized carbons (Fsp3) is 0.500.